The minimum absolute atomic E-state index is 0.146. The number of aromatic amines is 1. The third-order valence-corrected chi connectivity index (χ3v) is 4.33. The monoisotopic (exact) mass is 365 g/mol. The van der Waals surface area contributed by atoms with Gasteiger partial charge in [-0.2, -0.15) is 0 Å². The molecule has 1 heterocycles. The van der Waals surface area contributed by atoms with Gasteiger partial charge in [-0.3, -0.25) is 14.9 Å². The first kappa shape index (κ1) is 18.8. The molecule has 0 unspecified atom stereocenters. The van der Waals surface area contributed by atoms with E-state index in [1.54, 1.807) is 18.9 Å². The molecule has 0 radical (unpaired) electrons. The zero-order chi connectivity index (χ0) is 19.2. The molecule has 3 rings (SSSR count). The molecule has 0 aliphatic carbocycles. The van der Waals surface area contributed by atoms with Gasteiger partial charge in [0.05, 0.1) is 23.5 Å². The minimum Gasteiger partial charge on any atom is -0.354 e. The number of methoxy groups -OCH3 is 2. The van der Waals surface area contributed by atoms with Crippen LogP contribution in [0, 0.1) is 0 Å². The van der Waals surface area contributed by atoms with E-state index in [-0.39, 0.29) is 5.56 Å². The van der Waals surface area contributed by atoms with E-state index in [0.717, 1.165) is 16.9 Å². The summed E-state index contributed by atoms with van der Waals surface area (Å²) in [5, 5.41) is 3.24. The highest BCUT2D eigenvalue weighted by Crippen LogP contribution is 2.21. The van der Waals surface area contributed by atoms with E-state index in [1.807, 2.05) is 67.6 Å². The van der Waals surface area contributed by atoms with E-state index in [4.69, 9.17) is 9.47 Å². The van der Waals surface area contributed by atoms with Crippen molar-refractivity contribution in [1.29, 1.82) is 0 Å². The van der Waals surface area contributed by atoms with Crippen LogP contribution in [0.1, 0.15) is 12.5 Å². The van der Waals surface area contributed by atoms with Crippen LogP contribution >= 0.6 is 0 Å². The molecule has 0 saturated heterocycles. The van der Waals surface area contributed by atoms with Crippen LogP contribution in [0.2, 0.25) is 0 Å². The third-order valence-electron chi connectivity index (χ3n) is 4.33. The van der Waals surface area contributed by atoms with Gasteiger partial charge in [0.1, 0.15) is 0 Å². The molecule has 0 amide bonds. The molecule has 2 aromatic carbocycles. The Morgan fingerprint density at radius 2 is 1.63 bits per heavy atom. The number of H-pyrrole nitrogens is 1. The summed E-state index contributed by atoms with van der Waals surface area (Å²) in [6.45, 7) is 2.14. The molecule has 27 heavy (non-hydrogen) atoms. The minimum atomic E-state index is -0.449. The maximum atomic E-state index is 13.2. The fourth-order valence-electron chi connectivity index (χ4n) is 2.88. The molecule has 6 heteroatoms. The molecule has 0 saturated carbocycles. The number of hydrogen-bond acceptors (Lipinski definition) is 4. The lowest BCUT2D eigenvalue weighted by molar-refractivity contribution is -0.0936. The number of rotatable bonds is 7. The Morgan fingerprint density at radius 1 is 1.04 bits per heavy atom. The average molecular weight is 365 g/mol. The first-order chi connectivity index (χ1) is 13.2. The standard InChI is InChI=1S/C21H23N3O3/c1-15(22-14-18(26-2)27-3)19-20(16-10-6-4-7-11-16)23-24(21(19)25)17-12-8-5-9-13-17/h4-13,18,23H,14H2,1-3H3. The quantitative estimate of drug-likeness (QED) is 0.516. The Hall–Kier alpha value is -2.96. The average Bonchev–Trinajstić information content (AvgIpc) is 3.07. The van der Waals surface area contributed by atoms with Gasteiger partial charge in [-0.15, -0.1) is 0 Å². The Balaban J connectivity index is 2.12. The molecule has 0 aliphatic rings. The SMILES string of the molecule is COC(CN=C(C)c1c(-c2ccccc2)[nH]n(-c2ccccc2)c1=O)OC. The molecule has 3 aromatic rings. The highest BCUT2D eigenvalue weighted by molar-refractivity contribution is 6.03. The van der Waals surface area contributed by atoms with Crippen LogP contribution in [0.25, 0.3) is 16.9 Å². The number of hydrogen-bond donors (Lipinski definition) is 1. The Bertz CT molecular complexity index is 955. The summed E-state index contributed by atoms with van der Waals surface area (Å²) in [4.78, 5) is 17.7. The highest BCUT2D eigenvalue weighted by atomic mass is 16.7. The van der Waals surface area contributed by atoms with Crippen molar-refractivity contribution in [1.82, 2.24) is 9.78 Å². The van der Waals surface area contributed by atoms with E-state index >= 15 is 0 Å². The Labute approximate surface area is 158 Å². The van der Waals surface area contributed by atoms with Crippen LogP contribution in [0.5, 0.6) is 0 Å². The van der Waals surface area contributed by atoms with Crippen LogP contribution in [0.3, 0.4) is 0 Å². The van der Waals surface area contributed by atoms with Crippen LogP contribution in [0.15, 0.2) is 70.5 Å². The van der Waals surface area contributed by atoms with Crippen molar-refractivity contribution in [2.75, 3.05) is 20.8 Å². The van der Waals surface area contributed by atoms with Crippen LogP contribution in [-0.4, -0.2) is 42.5 Å². The summed E-state index contributed by atoms with van der Waals surface area (Å²) in [7, 11) is 3.13. The molecule has 0 atom stereocenters. The van der Waals surface area contributed by atoms with Gasteiger partial charge >= 0.3 is 0 Å². The first-order valence-corrected chi connectivity index (χ1v) is 8.68. The molecule has 1 aromatic heterocycles. The van der Waals surface area contributed by atoms with Gasteiger partial charge in [-0.05, 0) is 19.1 Å². The molecule has 1 N–H and O–H groups in total. The largest absolute Gasteiger partial charge is 0.354 e. The number of ether oxygens (including phenoxy) is 2. The molecule has 0 spiro atoms. The molecular weight excluding hydrogens is 342 g/mol. The molecule has 6 nitrogen and oxygen atoms in total. The van der Waals surface area contributed by atoms with Crippen molar-refractivity contribution in [2.45, 2.75) is 13.2 Å². The predicted octanol–water partition coefficient (Wildman–Crippen LogP) is 3.26. The van der Waals surface area contributed by atoms with Gasteiger partial charge in [-0.25, -0.2) is 4.68 Å². The molecule has 140 valence electrons. The predicted molar refractivity (Wildman–Crippen MR) is 107 cm³/mol. The number of nitrogens with zero attached hydrogens (tertiary/aromatic N) is 2. The summed E-state index contributed by atoms with van der Waals surface area (Å²) >= 11 is 0. The summed E-state index contributed by atoms with van der Waals surface area (Å²) in [6.07, 6.45) is -0.449. The number of para-hydroxylation sites is 1. The molecule has 0 aliphatic heterocycles. The fraction of sp³-hybridized carbons (Fsp3) is 0.238. The summed E-state index contributed by atoms with van der Waals surface area (Å²) in [6, 6.07) is 19.2. The van der Waals surface area contributed by atoms with Crippen LogP contribution < -0.4 is 5.56 Å². The lowest BCUT2D eigenvalue weighted by atomic mass is 10.1. The Morgan fingerprint density at radius 3 is 2.22 bits per heavy atom. The van der Waals surface area contributed by atoms with Gasteiger partial charge in [0, 0.05) is 25.5 Å². The molecular formula is C21H23N3O3. The molecule has 0 fully saturated rings. The maximum Gasteiger partial charge on any atom is 0.280 e. The lowest BCUT2D eigenvalue weighted by Gasteiger charge is -2.10. The summed E-state index contributed by atoms with van der Waals surface area (Å²) in [5.74, 6) is 0. The van der Waals surface area contributed by atoms with Gasteiger partial charge in [-0.1, -0.05) is 48.5 Å². The van der Waals surface area contributed by atoms with Crippen molar-refractivity contribution < 1.29 is 9.47 Å². The number of nitrogens with one attached hydrogen (secondary N) is 1. The second kappa shape index (κ2) is 8.62. The van der Waals surface area contributed by atoms with Crippen LogP contribution in [-0.2, 0) is 9.47 Å². The fourth-order valence-corrected chi connectivity index (χ4v) is 2.88. The second-order valence-corrected chi connectivity index (χ2v) is 6.03. The van der Waals surface area contributed by atoms with Crippen molar-refractivity contribution >= 4 is 5.71 Å². The van der Waals surface area contributed by atoms with Crippen LogP contribution in [0.4, 0.5) is 0 Å². The van der Waals surface area contributed by atoms with Gasteiger partial charge in [0.15, 0.2) is 6.29 Å². The second-order valence-electron chi connectivity index (χ2n) is 6.03. The number of aromatic nitrogens is 2. The zero-order valence-electron chi connectivity index (χ0n) is 15.7. The molecule has 0 bridgehead atoms. The van der Waals surface area contributed by atoms with Crippen molar-refractivity contribution in [2.24, 2.45) is 4.99 Å². The normalized spacial score (nSPS) is 11.9. The third kappa shape index (κ3) is 4.07. The topological polar surface area (TPSA) is 68.6 Å². The van der Waals surface area contributed by atoms with E-state index in [9.17, 15) is 4.79 Å². The summed E-state index contributed by atoms with van der Waals surface area (Å²) in [5.41, 5.74) is 3.44. The van der Waals surface area contributed by atoms with E-state index in [1.165, 1.54) is 0 Å². The van der Waals surface area contributed by atoms with Gasteiger partial charge in [0.25, 0.3) is 5.56 Å². The lowest BCUT2D eigenvalue weighted by Crippen LogP contribution is -2.21. The number of aliphatic imine (C=N–C) groups is 1. The zero-order valence-corrected chi connectivity index (χ0v) is 15.7. The van der Waals surface area contributed by atoms with E-state index in [0.29, 0.717) is 17.8 Å². The van der Waals surface area contributed by atoms with Gasteiger partial charge < -0.3 is 9.47 Å². The highest BCUT2D eigenvalue weighted by Gasteiger charge is 2.19. The van der Waals surface area contributed by atoms with E-state index < -0.39 is 6.29 Å². The summed E-state index contributed by atoms with van der Waals surface area (Å²) < 4.78 is 11.9. The first-order valence-electron chi connectivity index (χ1n) is 8.68. The van der Waals surface area contributed by atoms with Crippen molar-refractivity contribution in [3.63, 3.8) is 0 Å². The maximum absolute atomic E-state index is 13.2. The van der Waals surface area contributed by atoms with E-state index in [2.05, 4.69) is 10.1 Å². The smallest absolute Gasteiger partial charge is 0.280 e. The van der Waals surface area contributed by atoms with Gasteiger partial charge in [0.2, 0.25) is 0 Å². The Kier molecular flexibility index (Phi) is 6.01. The number of benzene rings is 2. The van der Waals surface area contributed by atoms with Crippen molar-refractivity contribution in [3.8, 4) is 16.9 Å². The van der Waals surface area contributed by atoms with Crippen molar-refractivity contribution in [3.05, 3.63) is 76.6 Å².